The summed E-state index contributed by atoms with van der Waals surface area (Å²) in [4.78, 5) is 0. The van der Waals surface area contributed by atoms with Gasteiger partial charge >= 0.3 is 0 Å². The summed E-state index contributed by atoms with van der Waals surface area (Å²) in [6.07, 6.45) is 0. The lowest BCUT2D eigenvalue weighted by Gasteiger charge is -2.08. The Morgan fingerprint density at radius 3 is 1.60 bits per heavy atom. The minimum atomic E-state index is -0.250. The van der Waals surface area contributed by atoms with Crippen LogP contribution in [0.2, 0.25) is 15.8 Å². The van der Waals surface area contributed by atoms with E-state index in [0.29, 0.717) is 0 Å². The van der Waals surface area contributed by atoms with Crippen LogP contribution in [0.15, 0.2) is 0 Å². The fraction of sp³-hybridized carbons (Fsp3) is 1.00. The van der Waals surface area contributed by atoms with E-state index >= 15 is 0 Å². The zero-order chi connectivity index (χ0) is 7.28. The van der Waals surface area contributed by atoms with Crippen molar-refractivity contribution in [3.63, 3.8) is 0 Å². The minimum Gasteiger partial charge on any atom is -0.0967 e. The molecule has 0 radical (unpaired) electrons. The van der Waals surface area contributed by atoms with Crippen molar-refractivity contribution in [3.05, 3.63) is 0 Å². The highest BCUT2D eigenvalue weighted by Crippen LogP contribution is 2.11. The topological polar surface area (TPSA) is 0 Å². The fourth-order valence-corrected chi connectivity index (χ4v) is 3.87. The maximum absolute atomic E-state index is 2.35. The molecular formula is C8H22Al2. The maximum Gasteiger partial charge on any atom is 0.261 e. The van der Waals surface area contributed by atoms with Crippen molar-refractivity contribution in [2.75, 3.05) is 0 Å². The average molecular weight is 172 g/mol. The van der Waals surface area contributed by atoms with Crippen molar-refractivity contribution in [3.8, 4) is 0 Å². The normalized spacial score (nSPS) is 9.30. The molecule has 0 saturated carbocycles. The number of hydrogen-bond acceptors (Lipinski definition) is 0. The van der Waals surface area contributed by atoms with Crippen molar-refractivity contribution in [1.82, 2.24) is 0 Å². The van der Waals surface area contributed by atoms with Crippen LogP contribution >= 0.6 is 0 Å². The van der Waals surface area contributed by atoms with Crippen molar-refractivity contribution in [2.45, 2.75) is 43.5 Å². The molecule has 2 heteroatoms. The van der Waals surface area contributed by atoms with E-state index in [2.05, 4.69) is 27.7 Å². The van der Waals surface area contributed by atoms with E-state index < -0.39 is 0 Å². The van der Waals surface area contributed by atoms with Gasteiger partial charge in [-0.2, -0.15) is 0 Å². The van der Waals surface area contributed by atoms with Gasteiger partial charge in [0.25, 0.3) is 14.1 Å². The quantitative estimate of drug-likeness (QED) is 0.569. The highest BCUT2D eigenvalue weighted by atomic mass is 27.2. The average Bonchev–Trinajstić information content (AvgIpc) is 1.82. The first-order valence-electron chi connectivity index (χ1n) is 4.20. The van der Waals surface area contributed by atoms with Gasteiger partial charge in [0, 0.05) is 0 Å². The lowest BCUT2D eigenvalue weighted by Crippen LogP contribution is -2.11. The molecule has 0 aliphatic rings. The zero-order valence-electron chi connectivity index (χ0n) is 7.28. The zero-order valence-corrected chi connectivity index (χ0v) is 8.43. The second-order valence-electron chi connectivity index (χ2n) is 3.31. The first-order valence-corrected chi connectivity index (χ1v) is 6.65. The van der Waals surface area contributed by atoms with Crippen LogP contribution in [0, 0.1) is 5.92 Å². The van der Waals surface area contributed by atoms with Gasteiger partial charge in [0.15, 0.2) is 17.4 Å². The molecule has 10 heavy (non-hydrogen) atoms. The molecule has 0 aliphatic heterocycles. The Balaban J connectivity index is 0. The first-order chi connectivity index (χ1) is 4.20. The lowest BCUT2D eigenvalue weighted by atomic mass is 10.3. The predicted molar refractivity (Wildman–Crippen MR) is 56.3 cm³/mol. The molecule has 0 spiro atoms. The summed E-state index contributed by atoms with van der Waals surface area (Å²) in [6, 6.07) is 0. The largest absolute Gasteiger partial charge is 0.261 e. The van der Waals surface area contributed by atoms with Gasteiger partial charge in [-0.15, -0.1) is 0 Å². The third-order valence-electron chi connectivity index (χ3n) is 1.96. The molecule has 0 saturated heterocycles. The minimum absolute atomic E-state index is 0. The molecule has 0 N–H and O–H groups in total. The predicted octanol–water partition coefficient (Wildman–Crippen LogP) is 1.99. The van der Waals surface area contributed by atoms with E-state index in [9.17, 15) is 0 Å². The molecule has 0 aromatic heterocycles. The Morgan fingerprint density at radius 1 is 1.10 bits per heavy atom. The molecule has 0 heterocycles. The van der Waals surface area contributed by atoms with E-state index in [1.54, 1.807) is 5.28 Å². The summed E-state index contributed by atoms with van der Waals surface area (Å²) in [5.41, 5.74) is 0. The van der Waals surface area contributed by atoms with E-state index in [-0.39, 0.29) is 31.5 Å². The van der Waals surface area contributed by atoms with Crippen LogP contribution in [0.5, 0.6) is 0 Å². The van der Waals surface area contributed by atoms with Gasteiger partial charge in [-0.05, 0) is 0 Å². The smallest absolute Gasteiger partial charge is 0.0967 e. The molecule has 0 aromatic carbocycles. The number of rotatable bonds is 4. The molecule has 0 fully saturated rings. The van der Waals surface area contributed by atoms with E-state index in [1.165, 1.54) is 10.6 Å². The molecule has 0 atom stereocenters. The lowest BCUT2D eigenvalue weighted by molar-refractivity contribution is 0.722. The molecule has 0 amide bonds. The van der Waals surface area contributed by atoms with Crippen LogP contribution in [0.1, 0.15) is 27.7 Å². The third kappa shape index (κ3) is 7.18. The number of hydrogen-bond donors (Lipinski definition) is 0. The first kappa shape index (κ1) is 13.6. The molecule has 60 valence electrons. The van der Waals surface area contributed by atoms with Crippen LogP contribution < -0.4 is 0 Å². The van der Waals surface area contributed by atoms with Crippen LogP contribution in [0.3, 0.4) is 0 Å². The van der Waals surface area contributed by atoms with Crippen molar-refractivity contribution in [1.29, 1.82) is 0 Å². The van der Waals surface area contributed by atoms with Crippen LogP contribution in [0.4, 0.5) is 0 Å². The second kappa shape index (κ2) is 8.16. The summed E-state index contributed by atoms with van der Waals surface area (Å²) in [5.74, 6) is 0.946. The Kier molecular flexibility index (Phi) is 11.1. The molecule has 0 rings (SSSR count). The van der Waals surface area contributed by atoms with E-state index in [1.807, 2.05) is 0 Å². The SMILES string of the molecule is C[CH2][Al]([CH2]C)[CH2]C(C)C.[AlH3]. The van der Waals surface area contributed by atoms with Gasteiger partial charge in [-0.1, -0.05) is 49.5 Å². The third-order valence-corrected chi connectivity index (χ3v) is 5.88. The van der Waals surface area contributed by atoms with Gasteiger partial charge in [-0.3, -0.25) is 0 Å². The maximum atomic E-state index is 2.35. The molecule has 0 aliphatic carbocycles. The molecule has 0 aromatic rings. The highest BCUT2D eigenvalue weighted by molar-refractivity contribution is 6.58. The van der Waals surface area contributed by atoms with Crippen LogP contribution in [-0.4, -0.2) is 31.5 Å². The van der Waals surface area contributed by atoms with Crippen molar-refractivity contribution < 1.29 is 0 Å². The Bertz CT molecular complexity index is 58.3. The Labute approximate surface area is 80.9 Å². The second-order valence-corrected chi connectivity index (χ2v) is 7.15. The van der Waals surface area contributed by atoms with Gasteiger partial charge in [-0.25, -0.2) is 0 Å². The Hall–Kier alpha value is 1.06. The van der Waals surface area contributed by atoms with Crippen LogP contribution in [0.25, 0.3) is 0 Å². The van der Waals surface area contributed by atoms with E-state index in [4.69, 9.17) is 0 Å². The molecule has 0 nitrogen and oxygen atoms in total. The van der Waals surface area contributed by atoms with Crippen LogP contribution in [-0.2, 0) is 0 Å². The highest BCUT2D eigenvalue weighted by Gasteiger charge is 2.12. The standard InChI is InChI=1S/C4H9.2C2H5.2Al.3H/c1-4(2)3;2*1-2;;;;;/h4H,1H2,2-3H3;2*1H2,2H3;;;;;. The fourth-order valence-electron chi connectivity index (χ4n) is 1.29. The molecular weight excluding hydrogens is 150 g/mol. The summed E-state index contributed by atoms with van der Waals surface area (Å²) < 4.78 is 0. The molecule has 0 unspecified atom stereocenters. The summed E-state index contributed by atoms with van der Waals surface area (Å²) in [7, 11) is 0. The van der Waals surface area contributed by atoms with Gasteiger partial charge in [0.05, 0.1) is 0 Å². The van der Waals surface area contributed by atoms with Crippen molar-refractivity contribution in [2.24, 2.45) is 5.92 Å². The summed E-state index contributed by atoms with van der Waals surface area (Å²) in [5, 5.41) is 4.54. The van der Waals surface area contributed by atoms with Gasteiger partial charge < -0.3 is 0 Å². The monoisotopic (exact) mass is 172 g/mol. The van der Waals surface area contributed by atoms with Crippen molar-refractivity contribution >= 4 is 31.5 Å². The Morgan fingerprint density at radius 2 is 1.50 bits per heavy atom. The molecule has 0 bridgehead atoms. The summed E-state index contributed by atoms with van der Waals surface area (Å²) in [6.45, 7) is 9.38. The van der Waals surface area contributed by atoms with Gasteiger partial charge in [0.2, 0.25) is 0 Å². The van der Waals surface area contributed by atoms with E-state index in [0.717, 1.165) is 5.92 Å². The van der Waals surface area contributed by atoms with Gasteiger partial charge in [0.1, 0.15) is 0 Å². The summed E-state index contributed by atoms with van der Waals surface area (Å²) >= 11 is -0.250.